The molecule has 1 heterocycles. The zero-order chi connectivity index (χ0) is 11.8. The summed E-state index contributed by atoms with van der Waals surface area (Å²) >= 11 is 0. The van der Waals surface area contributed by atoms with Crippen LogP contribution in [0.15, 0.2) is 48.7 Å². The molecule has 0 atom stereocenters. The number of aromatic nitrogens is 1. The molecule has 3 aromatic rings. The maximum absolute atomic E-state index is 13.3. The quantitative estimate of drug-likeness (QED) is 0.636. The van der Waals surface area contributed by atoms with Crippen molar-refractivity contribution in [3.05, 3.63) is 60.0 Å². The highest BCUT2D eigenvalue weighted by Gasteiger charge is 2.08. The molecular formula is C15H12FN. The van der Waals surface area contributed by atoms with Crippen molar-refractivity contribution in [2.75, 3.05) is 0 Å². The average molecular weight is 225 g/mol. The average Bonchev–Trinajstić information content (AvgIpc) is 2.72. The maximum atomic E-state index is 13.3. The van der Waals surface area contributed by atoms with Crippen molar-refractivity contribution in [1.29, 1.82) is 0 Å². The van der Waals surface area contributed by atoms with Gasteiger partial charge in [0.05, 0.1) is 0 Å². The molecule has 84 valence electrons. The van der Waals surface area contributed by atoms with Gasteiger partial charge in [0.2, 0.25) is 0 Å². The Morgan fingerprint density at radius 3 is 2.65 bits per heavy atom. The highest BCUT2D eigenvalue weighted by molar-refractivity contribution is 5.96. The first-order chi connectivity index (χ1) is 8.25. The summed E-state index contributed by atoms with van der Waals surface area (Å²) in [7, 11) is 0. The van der Waals surface area contributed by atoms with Gasteiger partial charge in [0.25, 0.3) is 0 Å². The maximum Gasteiger partial charge on any atom is 0.123 e. The van der Waals surface area contributed by atoms with E-state index in [2.05, 4.69) is 24.0 Å². The Bertz CT molecular complexity index is 682. The Hall–Kier alpha value is -2.09. The van der Waals surface area contributed by atoms with Crippen molar-refractivity contribution in [3.63, 3.8) is 0 Å². The Balaban J connectivity index is 2.31. The summed E-state index contributed by atoms with van der Waals surface area (Å²) in [4.78, 5) is 3.17. The molecule has 1 aromatic heterocycles. The molecule has 2 heteroatoms. The van der Waals surface area contributed by atoms with Crippen LogP contribution in [-0.4, -0.2) is 4.98 Å². The molecule has 0 radical (unpaired) electrons. The molecule has 0 unspecified atom stereocenters. The Morgan fingerprint density at radius 1 is 1.00 bits per heavy atom. The standard InChI is InChI=1S/C15H12FN/c1-10-4-2-3-5-12(10)14-9-17-15-7-6-11(16)8-13(14)15/h2-9,17H,1H3. The number of hydrogen-bond donors (Lipinski definition) is 1. The monoisotopic (exact) mass is 225 g/mol. The van der Waals surface area contributed by atoms with E-state index in [1.165, 1.54) is 11.6 Å². The molecule has 0 aliphatic heterocycles. The third kappa shape index (κ3) is 1.62. The van der Waals surface area contributed by atoms with Crippen LogP contribution in [0, 0.1) is 12.7 Å². The van der Waals surface area contributed by atoms with Crippen LogP contribution < -0.4 is 0 Å². The largest absolute Gasteiger partial charge is 0.361 e. The van der Waals surface area contributed by atoms with Crippen LogP contribution in [0.1, 0.15) is 5.56 Å². The number of rotatable bonds is 1. The lowest BCUT2D eigenvalue weighted by Crippen LogP contribution is -1.81. The summed E-state index contributed by atoms with van der Waals surface area (Å²) in [5.41, 5.74) is 4.35. The molecule has 0 aliphatic rings. The van der Waals surface area contributed by atoms with Crippen molar-refractivity contribution < 1.29 is 4.39 Å². The summed E-state index contributed by atoms with van der Waals surface area (Å²) in [6.07, 6.45) is 1.94. The molecule has 0 amide bonds. The normalized spacial score (nSPS) is 10.9. The minimum absolute atomic E-state index is 0.202. The second-order valence-electron chi connectivity index (χ2n) is 4.21. The van der Waals surface area contributed by atoms with Crippen molar-refractivity contribution in [2.24, 2.45) is 0 Å². The van der Waals surface area contributed by atoms with Crippen LogP contribution in [0.25, 0.3) is 22.0 Å². The Labute approximate surface area is 98.9 Å². The van der Waals surface area contributed by atoms with Crippen molar-refractivity contribution >= 4 is 10.9 Å². The first kappa shape index (κ1) is 10.1. The van der Waals surface area contributed by atoms with Gasteiger partial charge >= 0.3 is 0 Å². The number of hydrogen-bond acceptors (Lipinski definition) is 0. The van der Waals surface area contributed by atoms with Gasteiger partial charge in [-0.1, -0.05) is 24.3 Å². The van der Waals surface area contributed by atoms with Crippen LogP contribution in [0.5, 0.6) is 0 Å². The van der Waals surface area contributed by atoms with E-state index < -0.39 is 0 Å². The summed E-state index contributed by atoms with van der Waals surface area (Å²) in [6, 6.07) is 12.9. The van der Waals surface area contributed by atoms with Crippen molar-refractivity contribution in [1.82, 2.24) is 4.98 Å². The fourth-order valence-electron chi connectivity index (χ4n) is 2.19. The molecule has 1 nitrogen and oxygen atoms in total. The highest BCUT2D eigenvalue weighted by atomic mass is 19.1. The molecule has 1 N–H and O–H groups in total. The highest BCUT2D eigenvalue weighted by Crippen LogP contribution is 2.30. The van der Waals surface area contributed by atoms with Gasteiger partial charge in [-0.25, -0.2) is 4.39 Å². The first-order valence-electron chi connectivity index (χ1n) is 5.58. The second-order valence-corrected chi connectivity index (χ2v) is 4.21. The fraction of sp³-hybridized carbons (Fsp3) is 0.0667. The summed E-state index contributed by atoms with van der Waals surface area (Å²) in [6.45, 7) is 2.06. The van der Waals surface area contributed by atoms with Gasteiger partial charge in [-0.2, -0.15) is 0 Å². The van der Waals surface area contributed by atoms with Gasteiger partial charge < -0.3 is 4.98 Å². The first-order valence-corrected chi connectivity index (χ1v) is 5.58. The number of nitrogens with one attached hydrogen (secondary N) is 1. The predicted octanol–water partition coefficient (Wildman–Crippen LogP) is 4.28. The molecule has 0 bridgehead atoms. The third-order valence-electron chi connectivity index (χ3n) is 3.08. The molecular weight excluding hydrogens is 213 g/mol. The van der Waals surface area contributed by atoms with E-state index in [1.807, 2.05) is 18.3 Å². The lowest BCUT2D eigenvalue weighted by Gasteiger charge is -2.03. The smallest absolute Gasteiger partial charge is 0.123 e. The van der Waals surface area contributed by atoms with E-state index in [4.69, 9.17) is 0 Å². The summed E-state index contributed by atoms with van der Waals surface area (Å²) in [5, 5.41) is 0.930. The Morgan fingerprint density at radius 2 is 1.82 bits per heavy atom. The number of H-pyrrole nitrogens is 1. The van der Waals surface area contributed by atoms with Gasteiger partial charge in [0, 0.05) is 22.7 Å². The number of aromatic amines is 1. The van der Waals surface area contributed by atoms with Gasteiger partial charge in [-0.15, -0.1) is 0 Å². The van der Waals surface area contributed by atoms with Crippen molar-refractivity contribution in [2.45, 2.75) is 6.92 Å². The SMILES string of the molecule is Cc1ccccc1-c1c[nH]c2ccc(F)cc12. The van der Waals surface area contributed by atoms with Crippen LogP contribution in [-0.2, 0) is 0 Å². The van der Waals surface area contributed by atoms with E-state index in [0.29, 0.717) is 0 Å². The third-order valence-corrected chi connectivity index (χ3v) is 3.08. The number of fused-ring (bicyclic) bond motifs is 1. The molecule has 2 aromatic carbocycles. The zero-order valence-electron chi connectivity index (χ0n) is 9.50. The van der Waals surface area contributed by atoms with Crippen molar-refractivity contribution in [3.8, 4) is 11.1 Å². The second kappa shape index (κ2) is 3.74. The Kier molecular flexibility index (Phi) is 2.22. The van der Waals surface area contributed by atoms with Gasteiger partial charge in [-0.05, 0) is 36.2 Å². The molecule has 0 saturated heterocycles. The molecule has 0 spiro atoms. The van der Waals surface area contributed by atoms with E-state index in [0.717, 1.165) is 22.0 Å². The number of benzene rings is 2. The number of halogens is 1. The topological polar surface area (TPSA) is 15.8 Å². The summed E-state index contributed by atoms with van der Waals surface area (Å²) < 4.78 is 13.3. The van der Waals surface area contributed by atoms with E-state index in [-0.39, 0.29) is 5.82 Å². The van der Waals surface area contributed by atoms with Crippen LogP contribution in [0.4, 0.5) is 4.39 Å². The lowest BCUT2D eigenvalue weighted by atomic mass is 10.0. The minimum atomic E-state index is -0.202. The van der Waals surface area contributed by atoms with E-state index in [1.54, 1.807) is 12.1 Å². The zero-order valence-corrected chi connectivity index (χ0v) is 9.50. The molecule has 0 aliphatic carbocycles. The van der Waals surface area contributed by atoms with Crippen LogP contribution in [0.2, 0.25) is 0 Å². The predicted molar refractivity (Wildman–Crippen MR) is 68.4 cm³/mol. The minimum Gasteiger partial charge on any atom is -0.361 e. The molecule has 0 fully saturated rings. The molecule has 17 heavy (non-hydrogen) atoms. The van der Waals surface area contributed by atoms with Crippen LogP contribution in [0.3, 0.4) is 0 Å². The van der Waals surface area contributed by atoms with Crippen LogP contribution >= 0.6 is 0 Å². The molecule has 0 saturated carbocycles. The molecule has 3 rings (SSSR count). The van der Waals surface area contributed by atoms with E-state index >= 15 is 0 Å². The van der Waals surface area contributed by atoms with Gasteiger partial charge in [0.15, 0.2) is 0 Å². The summed E-state index contributed by atoms with van der Waals surface area (Å²) in [5.74, 6) is -0.202. The van der Waals surface area contributed by atoms with Gasteiger partial charge in [-0.3, -0.25) is 0 Å². The fourth-order valence-corrected chi connectivity index (χ4v) is 2.19. The van der Waals surface area contributed by atoms with Gasteiger partial charge in [0.1, 0.15) is 5.82 Å². The number of aryl methyl sites for hydroxylation is 1. The lowest BCUT2D eigenvalue weighted by molar-refractivity contribution is 0.630. The van der Waals surface area contributed by atoms with E-state index in [9.17, 15) is 4.39 Å².